The number of hydrogen-bond donors (Lipinski definition) is 9. The number of allylic oxidation sites excluding steroid dienone is 8. The number of ether oxygens (including phenoxy) is 1. The zero-order valence-corrected chi connectivity index (χ0v) is 38.0. The minimum absolute atomic E-state index is 0.0290. The number of carbonyl (C=O) groups excluding carboxylic acids is 3. The average molecular weight is 970 g/mol. The molecule has 2 amide bonds. The van der Waals surface area contributed by atoms with Crippen LogP contribution in [0.25, 0.3) is 11.2 Å². The van der Waals surface area contributed by atoms with Gasteiger partial charge in [-0.25, -0.2) is 28.6 Å². The molecule has 1 aliphatic heterocycles. The molecule has 0 aromatic carbocycles. The van der Waals surface area contributed by atoms with Gasteiger partial charge in [0.2, 0.25) is 11.8 Å². The Morgan fingerprint density at radius 2 is 1.63 bits per heavy atom. The molecule has 0 saturated carbocycles. The van der Waals surface area contributed by atoms with E-state index in [-0.39, 0.29) is 48.0 Å². The molecule has 0 bridgehead atoms. The smallest absolute Gasteiger partial charge is 0.386 e. The van der Waals surface area contributed by atoms with Crippen molar-refractivity contribution in [1.82, 2.24) is 30.2 Å². The van der Waals surface area contributed by atoms with Crippen LogP contribution in [0, 0.1) is 5.41 Å². The number of aliphatic hydroxyl groups excluding tert-OH is 2. The molecule has 1 fully saturated rings. The lowest BCUT2D eigenvalue weighted by Gasteiger charge is -2.30. The van der Waals surface area contributed by atoms with E-state index in [0.717, 1.165) is 48.2 Å². The van der Waals surface area contributed by atoms with Crippen molar-refractivity contribution in [1.29, 1.82) is 0 Å². The number of fused-ring (bicyclic) bond motifs is 1. The van der Waals surface area contributed by atoms with Gasteiger partial charge in [-0.2, -0.15) is 4.31 Å². The number of phosphoric acid groups is 3. The molecule has 63 heavy (non-hydrogen) atoms. The summed E-state index contributed by atoms with van der Waals surface area (Å²) in [5, 5.41) is 26.4. The van der Waals surface area contributed by atoms with Crippen molar-refractivity contribution in [3.63, 3.8) is 0 Å². The van der Waals surface area contributed by atoms with Gasteiger partial charge in [0.25, 0.3) is 0 Å². The largest absolute Gasteiger partial charge is 0.481 e. The number of imidazole rings is 1. The maximum atomic E-state index is 12.7. The fourth-order valence-electron chi connectivity index (χ4n) is 5.37. The molecule has 2 unspecified atom stereocenters. The highest BCUT2D eigenvalue weighted by Crippen LogP contribution is 2.61. The number of aliphatic hydroxyl groups is 2. The highest BCUT2D eigenvalue weighted by molar-refractivity contribution is 8.13. The maximum absolute atomic E-state index is 12.7. The first-order valence-corrected chi connectivity index (χ1v) is 24.7. The minimum Gasteiger partial charge on any atom is -0.386 e. The predicted molar refractivity (Wildman–Crippen MR) is 228 cm³/mol. The highest BCUT2D eigenvalue weighted by atomic mass is 32.2. The summed E-state index contributed by atoms with van der Waals surface area (Å²) in [6, 6.07) is 0. The Labute approximate surface area is 366 Å². The number of anilines is 1. The van der Waals surface area contributed by atoms with Gasteiger partial charge in [-0.3, -0.25) is 32.5 Å². The summed E-state index contributed by atoms with van der Waals surface area (Å²) in [4.78, 5) is 88.0. The quantitative estimate of drug-likeness (QED) is 0.0269. The van der Waals surface area contributed by atoms with Crippen LogP contribution in [0.3, 0.4) is 0 Å². The maximum Gasteiger partial charge on any atom is 0.481 e. The van der Waals surface area contributed by atoms with Crippen molar-refractivity contribution in [2.24, 2.45) is 5.41 Å². The van der Waals surface area contributed by atoms with Crippen LogP contribution >= 0.6 is 35.2 Å². The monoisotopic (exact) mass is 969 g/mol. The Balaban J connectivity index is 1.39. The van der Waals surface area contributed by atoms with Gasteiger partial charge in [0.1, 0.15) is 36.3 Å². The summed E-state index contributed by atoms with van der Waals surface area (Å²) in [5.74, 6) is -1.14. The SMILES string of the molecule is CC/C=C\C/C=C\C/C=C\C=C\CC(=O)SCCNC(=O)CCNC(=O)[C@H](O)C(C)(C)COP(=O)(O)OP(=O)(O)OC[C@H]1O[C@@H](n2cnc3c(N)ncnc32)[C@H](O)[C@@H]1OP(=O)(O)O. The van der Waals surface area contributed by atoms with Crippen LogP contribution in [0.5, 0.6) is 0 Å². The number of thioether (sulfide) groups is 1. The molecule has 7 atom stereocenters. The fraction of sp³-hybridized carbons (Fsp3) is 0.543. The summed E-state index contributed by atoms with van der Waals surface area (Å²) >= 11 is 1.06. The van der Waals surface area contributed by atoms with Crippen molar-refractivity contribution in [2.45, 2.75) is 83.5 Å². The van der Waals surface area contributed by atoms with E-state index in [1.54, 1.807) is 12.2 Å². The van der Waals surface area contributed by atoms with Crippen LogP contribution in [-0.2, 0) is 50.7 Å². The van der Waals surface area contributed by atoms with Gasteiger partial charge in [0, 0.05) is 37.1 Å². The number of phosphoric ester groups is 3. The van der Waals surface area contributed by atoms with E-state index in [2.05, 4.69) is 65.6 Å². The molecule has 28 heteroatoms. The van der Waals surface area contributed by atoms with Gasteiger partial charge in [0.15, 0.2) is 22.8 Å². The minimum atomic E-state index is -5.58. The second kappa shape index (κ2) is 25.3. The Morgan fingerprint density at radius 1 is 0.968 bits per heavy atom. The molecule has 3 heterocycles. The Hall–Kier alpha value is -3.48. The number of nitrogens with two attached hydrogens (primary N) is 1. The van der Waals surface area contributed by atoms with E-state index in [9.17, 15) is 57.9 Å². The lowest BCUT2D eigenvalue weighted by Crippen LogP contribution is -2.46. The van der Waals surface area contributed by atoms with E-state index >= 15 is 0 Å². The molecular weight excluding hydrogens is 915 g/mol. The number of aromatic nitrogens is 4. The molecule has 2 aromatic heterocycles. The Morgan fingerprint density at radius 3 is 2.33 bits per heavy atom. The predicted octanol–water partition coefficient (Wildman–Crippen LogP) is 2.47. The molecular formula is C35H54N7O17P3S. The summed E-state index contributed by atoms with van der Waals surface area (Å²) in [6.07, 6.45) is 11.7. The van der Waals surface area contributed by atoms with Gasteiger partial charge in [-0.15, -0.1) is 0 Å². The fourth-order valence-corrected chi connectivity index (χ4v) is 8.84. The molecule has 24 nitrogen and oxygen atoms in total. The average Bonchev–Trinajstić information content (AvgIpc) is 3.76. The summed E-state index contributed by atoms with van der Waals surface area (Å²) in [6.45, 7) is 2.54. The standard InChI is InChI=1S/C35H54N7O17P3S/c1-4-5-6-7-8-9-10-11-12-13-14-15-26(44)63-19-18-37-25(43)16-17-38-33(47)30(46)35(2,3)21-56-62(53,54)59-61(51,52)55-20-24-29(58-60(48,49)50)28(45)34(57-24)42-23-41-27-31(36)39-22-40-32(27)42/h5-6,8-9,11-14,22-24,28-30,34,45-46H,4,7,10,15-21H2,1-3H3,(H,37,43)(H,38,47)(H,51,52)(H,53,54)(H2,36,39,40)(H2,48,49,50)/b6-5-,9-8-,12-11-,14-13+/t24-,28-,29-,30+,34-/m1/s1. The number of carbonyl (C=O) groups is 3. The molecule has 2 aromatic rings. The molecule has 0 radical (unpaired) electrons. The Bertz CT molecular complexity index is 2110. The number of amides is 2. The van der Waals surface area contributed by atoms with Crippen LogP contribution < -0.4 is 16.4 Å². The Kier molecular flexibility index (Phi) is 21.6. The van der Waals surface area contributed by atoms with Gasteiger partial charge in [-0.05, 0) is 19.3 Å². The second-order valence-electron chi connectivity index (χ2n) is 14.2. The van der Waals surface area contributed by atoms with E-state index in [1.807, 2.05) is 12.2 Å². The number of hydrogen-bond acceptors (Lipinski definition) is 18. The van der Waals surface area contributed by atoms with Crippen molar-refractivity contribution < 1.29 is 80.5 Å². The summed E-state index contributed by atoms with van der Waals surface area (Å²) in [5.41, 5.74) is 4.26. The van der Waals surface area contributed by atoms with E-state index in [4.69, 9.17) is 19.5 Å². The number of rotatable bonds is 27. The topological polar surface area (TPSA) is 364 Å². The van der Waals surface area contributed by atoms with Gasteiger partial charge in [-0.1, -0.05) is 81.1 Å². The van der Waals surface area contributed by atoms with Gasteiger partial charge >= 0.3 is 23.5 Å². The highest BCUT2D eigenvalue weighted by Gasteiger charge is 2.50. The van der Waals surface area contributed by atoms with E-state index in [1.165, 1.54) is 13.8 Å². The lowest BCUT2D eigenvalue weighted by atomic mass is 9.87. The zero-order valence-electron chi connectivity index (χ0n) is 34.5. The molecule has 0 spiro atoms. The first-order valence-electron chi connectivity index (χ1n) is 19.2. The molecule has 10 N–H and O–H groups in total. The normalized spacial score (nSPS) is 21.1. The molecule has 3 rings (SSSR count). The molecule has 1 saturated heterocycles. The number of nitrogens with one attached hydrogen (secondary N) is 2. The first-order chi connectivity index (χ1) is 29.6. The van der Waals surface area contributed by atoms with E-state index in [0.29, 0.717) is 5.75 Å². The van der Waals surface area contributed by atoms with Gasteiger partial charge < -0.3 is 50.9 Å². The van der Waals surface area contributed by atoms with Crippen molar-refractivity contribution in [3.05, 3.63) is 61.3 Å². The van der Waals surface area contributed by atoms with Crippen LogP contribution in [0.1, 0.15) is 59.1 Å². The van der Waals surface area contributed by atoms with Crippen LogP contribution in [0.15, 0.2) is 61.3 Å². The summed E-state index contributed by atoms with van der Waals surface area (Å²) < 4.78 is 62.3. The van der Waals surface area contributed by atoms with Crippen LogP contribution in [0.2, 0.25) is 0 Å². The molecule has 352 valence electrons. The van der Waals surface area contributed by atoms with Crippen LogP contribution in [-0.4, -0.2) is 123 Å². The number of nitrogen functional groups attached to an aromatic ring is 1. The van der Waals surface area contributed by atoms with Crippen LogP contribution in [0.4, 0.5) is 5.82 Å². The third-order valence-corrected chi connectivity index (χ3v) is 12.5. The van der Waals surface area contributed by atoms with Crippen molar-refractivity contribution in [3.8, 4) is 0 Å². The van der Waals surface area contributed by atoms with Crippen molar-refractivity contribution in [2.75, 3.05) is 37.8 Å². The summed E-state index contributed by atoms with van der Waals surface area (Å²) in [7, 11) is -16.4. The molecule has 0 aliphatic carbocycles. The molecule has 1 aliphatic rings. The van der Waals surface area contributed by atoms with Gasteiger partial charge in [0.05, 0.1) is 19.5 Å². The first kappa shape index (κ1) is 53.9. The zero-order chi connectivity index (χ0) is 46.8. The third-order valence-electron chi connectivity index (χ3n) is 8.55. The van der Waals surface area contributed by atoms with E-state index < -0.39 is 84.6 Å². The second-order valence-corrected chi connectivity index (χ2v) is 19.6. The van der Waals surface area contributed by atoms with Crippen molar-refractivity contribution >= 4 is 69.1 Å². The number of nitrogens with zero attached hydrogens (tertiary/aromatic N) is 4. The lowest BCUT2D eigenvalue weighted by molar-refractivity contribution is -0.137. The third kappa shape index (κ3) is 18.9.